The molecule has 0 saturated carbocycles. The van der Waals surface area contributed by atoms with Crippen LogP contribution in [0.1, 0.15) is 0 Å². The van der Waals surface area contributed by atoms with E-state index in [1.54, 1.807) is 7.11 Å². The fraction of sp³-hybridized carbons (Fsp3) is 0.100. The third kappa shape index (κ3) is 19.1. The SMILES string of the molecule is C=O.C=O.C=O.COc1ccccc1.[Cr]. The van der Waals surface area contributed by atoms with E-state index in [9.17, 15) is 0 Å². The molecule has 0 aliphatic heterocycles. The van der Waals surface area contributed by atoms with Gasteiger partial charge in [0.1, 0.15) is 26.1 Å². The Bertz CT molecular complexity index is 189. The van der Waals surface area contributed by atoms with Gasteiger partial charge < -0.3 is 19.1 Å². The maximum absolute atomic E-state index is 8.00. The van der Waals surface area contributed by atoms with Crippen LogP contribution in [0.25, 0.3) is 0 Å². The Balaban J connectivity index is -0.0000000755. The van der Waals surface area contributed by atoms with Gasteiger partial charge in [0.25, 0.3) is 0 Å². The third-order valence-corrected chi connectivity index (χ3v) is 0.979. The number of carbonyl (C=O) groups excluding carboxylic acids is 3. The minimum atomic E-state index is 0. The molecule has 4 nitrogen and oxygen atoms in total. The fourth-order valence-corrected chi connectivity index (χ4v) is 0.557. The van der Waals surface area contributed by atoms with Gasteiger partial charge in [-0.3, -0.25) is 0 Å². The summed E-state index contributed by atoms with van der Waals surface area (Å²) in [5.41, 5.74) is 0. The molecule has 84 valence electrons. The second-order valence-corrected chi connectivity index (χ2v) is 1.52. The standard InChI is InChI=1S/C7H8O.3CH2O.Cr/c1-8-7-5-3-2-4-6-7;3*1-2;/h2-6H,1H3;3*1H2;. The Morgan fingerprint density at radius 3 is 1.40 bits per heavy atom. The molecule has 0 radical (unpaired) electrons. The van der Waals surface area contributed by atoms with Gasteiger partial charge in [-0.2, -0.15) is 0 Å². The minimum absolute atomic E-state index is 0. The van der Waals surface area contributed by atoms with Crippen LogP contribution in [0.5, 0.6) is 5.75 Å². The summed E-state index contributed by atoms with van der Waals surface area (Å²) < 4.78 is 4.91. The van der Waals surface area contributed by atoms with Crippen LogP contribution >= 0.6 is 0 Å². The number of benzene rings is 1. The van der Waals surface area contributed by atoms with E-state index in [0.29, 0.717) is 0 Å². The summed E-state index contributed by atoms with van der Waals surface area (Å²) in [4.78, 5) is 24.0. The van der Waals surface area contributed by atoms with Crippen molar-refractivity contribution < 1.29 is 36.5 Å². The number of rotatable bonds is 1. The van der Waals surface area contributed by atoms with E-state index in [0.717, 1.165) is 5.75 Å². The van der Waals surface area contributed by atoms with Gasteiger partial charge in [-0.05, 0) is 12.1 Å². The van der Waals surface area contributed by atoms with Crippen LogP contribution in [0.15, 0.2) is 30.3 Å². The van der Waals surface area contributed by atoms with Crippen LogP contribution in [0.4, 0.5) is 0 Å². The van der Waals surface area contributed by atoms with Crippen molar-refractivity contribution >= 4 is 20.4 Å². The van der Waals surface area contributed by atoms with E-state index in [1.807, 2.05) is 50.7 Å². The average molecular weight is 250 g/mol. The molecule has 0 spiro atoms. The molecule has 0 bridgehead atoms. The van der Waals surface area contributed by atoms with E-state index >= 15 is 0 Å². The Labute approximate surface area is 100 Å². The molecule has 0 fully saturated rings. The first kappa shape index (κ1) is 23.4. The predicted octanol–water partition coefficient (Wildman–Crippen LogP) is 1.14. The first-order chi connectivity index (χ1) is 6.93. The molecule has 5 heteroatoms. The van der Waals surface area contributed by atoms with Gasteiger partial charge in [0, 0.05) is 17.4 Å². The minimum Gasteiger partial charge on any atom is -0.497 e. The number of hydrogen-bond acceptors (Lipinski definition) is 4. The van der Waals surface area contributed by atoms with Gasteiger partial charge in [-0.15, -0.1) is 0 Å². The molecule has 1 aromatic carbocycles. The van der Waals surface area contributed by atoms with E-state index in [4.69, 9.17) is 19.1 Å². The second-order valence-electron chi connectivity index (χ2n) is 1.52. The number of hydrogen-bond donors (Lipinski definition) is 0. The number of carbonyl (C=O) groups is 3. The van der Waals surface area contributed by atoms with Crippen molar-refractivity contribution in [2.75, 3.05) is 7.11 Å². The zero-order valence-electron chi connectivity index (χ0n) is 8.55. The van der Waals surface area contributed by atoms with Crippen LogP contribution < -0.4 is 4.74 Å². The smallest absolute Gasteiger partial charge is 0.118 e. The van der Waals surface area contributed by atoms with Crippen LogP contribution in [-0.2, 0) is 31.7 Å². The van der Waals surface area contributed by atoms with E-state index in [2.05, 4.69) is 0 Å². The molecule has 0 saturated heterocycles. The second kappa shape index (κ2) is 29.4. The van der Waals surface area contributed by atoms with Gasteiger partial charge in [0.15, 0.2) is 0 Å². The summed E-state index contributed by atoms with van der Waals surface area (Å²) in [6.07, 6.45) is 0. The van der Waals surface area contributed by atoms with Crippen molar-refractivity contribution in [1.29, 1.82) is 0 Å². The maximum Gasteiger partial charge on any atom is 0.118 e. The van der Waals surface area contributed by atoms with Crippen LogP contribution in [0, 0.1) is 0 Å². The summed E-state index contributed by atoms with van der Waals surface area (Å²) in [6.45, 7) is 6.00. The maximum atomic E-state index is 8.00. The molecule has 15 heavy (non-hydrogen) atoms. The largest absolute Gasteiger partial charge is 0.497 e. The van der Waals surface area contributed by atoms with Crippen LogP contribution in [-0.4, -0.2) is 27.5 Å². The summed E-state index contributed by atoms with van der Waals surface area (Å²) in [7, 11) is 1.66. The molecule has 1 rings (SSSR count). The topological polar surface area (TPSA) is 60.4 Å². The fourth-order valence-electron chi connectivity index (χ4n) is 0.557. The Morgan fingerprint density at radius 2 is 1.20 bits per heavy atom. The van der Waals surface area contributed by atoms with E-state index in [1.165, 1.54) is 0 Å². The normalized spacial score (nSPS) is 5.40. The summed E-state index contributed by atoms with van der Waals surface area (Å²) in [6, 6.07) is 9.68. The molecule has 0 unspecified atom stereocenters. The predicted molar refractivity (Wildman–Crippen MR) is 54.4 cm³/mol. The van der Waals surface area contributed by atoms with E-state index in [-0.39, 0.29) is 17.4 Å². The summed E-state index contributed by atoms with van der Waals surface area (Å²) >= 11 is 0. The summed E-state index contributed by atoms with van der Waals surface area (Å²) in [5.74, 6) is 0.910. The monoisotopic (exact) mass is 250 g/mol. The molecule has 1 aromatic rings. The quantitative estimate of drug-likeness (QED) is 0.749. The molecule has 0 heterocycles. The van der Waals surface area contributed by atoms with E-state index < -0.39 is 0 Å². The Kier molecular flexibility index (Phi) is 45.8. The molecule has 0 aliphatic rings. The van der Waals surface area contributed by atoms with Crippen LogP contribution in [0.2, 0.25) is 0 Å². The zero-order valence-corrected chi connectivity index (χ0v) is 9.82. The molecule has 0 N–H and O–H groups in total. The molecule has 0 atom stereocenters. The van der Waals surface area contributed by atoms with Gasteiger partial charge in [0.05, 0.1) is 7.11 Å². The summed E-state index contributed by atoms with van der Waals surface area (Å²) in [5, 5.41) is 0. The first-order valence-electron chi connectivity index (χ1n) is 3.39. The molecular formula is C10H14CrO4. The number of methoxy groups -OCH3 is 1. The van der Waals surface area contributed by atoms with Crippen molar-refractivity contribution in [2.45, 2.75) is 0 Å². The number of para-hydroxylation sites is 1. The molecular weight excluding hydrogens is 236 g/mol. The van der Waals surface area contributed by atoms with Crippen molar-refractivity contribution in [3.8, 4) is 5.75 Å². The number of ether oxygens (including phenoxy) is 1. The van der Waals surface area contributed by atoms with Crippen molar-refractivity contribution in [1.82, 2.24) is 0 Å². The van der Waals surface area contributed by atoms with Gasteiger partial charge in [-0.1, -0.05) is 18.2 Å². The van der Waals surface area contributed by atoms with Gasteiger partial charge in [-0.25, -0.2) is 0 Å². The van der Waals surface area contributed by atoms with Crippen molar-refractivity contribution in [2.24, 2.45) is 0 Å². The Morgan fingerprint density at radius 1 is 0.867 bits per heavy atom. The van der Waals surface area contributed by atoms with Crippen LogP contribution in [0.3, 0.4) is 0 Å². The third-order valence-electron chi connectivity index (χ3n) is 0.979. The van der Waals surface area contributed by atoms with Gasteiger partial charge >= 0.3 is 0 Å². The Hall–Kier alpha value is -1.44. The molecule has 0 aromatic heterocycles. The average Bonchev–Trinajstić information content (AvgIpc) is 2.37. The zero-order chi connectivity index (χ0) is 11.8. The van der Waals surface area contributed by atoms with Gasteiger partial charge in [0.2, 0.25) is 0 Å². The molecule has 0 aliphatic carbocycles. The first-order valence-corrected chi connectivity index (χ1v) is 3.39. The van der Waals surface area contributed by atoms with Crippen molar-refractivity contribution in [3.63, 3.8) is 0 Å². The van der Waals surface area contributed by atoms with Crippen molar-refractivity contribution in [3.05, 3.63) is 30.3 Å². The molecule has 0 amide bonds.